The van der Waals surface area contributed by atoms with Gasteiger partial charge in [0, 0.05) is 6.42 Å². The average molecular weight is 296 g/mol. The van der Waals surface area contributed by atoms with Crippen LogP contribution >= 0.6 is 0 Å². The number of hydrogen-bond donors (Lipinski definition) is 1. The molecule has 3 nitrogen and oxygen atoms in total. The van der Waals surface area contributed by atoms with Crippen LogP contribution in [-0.2, 0) is 9.53 Å². The molecule has 1 N–H and O–H groups in total. The quantitative estimate of drug-likeness (QED) is 0.276. The molecular formula is C18H32O3. The third-order valence-electron chi connectivity index (χ3n) is 4.08. The molecule has 1 rings (SSSR count). The number of carbonyl (C=O) groups is 1. The van der Waals surface area contributed by atoms with E-state index in [2.05, 4.69) is 19.1 Å². The Morgan fingerprint density at radius 2 is 1.76 bits per heavy atom. The Morgan fingerprint density at radius 3 is 2.52 bits per heavy atom. The molecule has 1 saturated heterocycles. The van der Waals surface area contributed by atoms with E-state index < -0.39 is 5.97 Å². The maximum Gasteiger partial charge on any atom is 0.303 e. The molecular weight excluding hydrogens is 264 g/mol. The van der Waals surface area contributed by atoms with Crippen molar-refractivity contribution in [2.24, 2.45) is 0 Å². The lowest BCUT2D eigenvalue weighted by molar-refractivity contribution is -0.137. The first-order valence-corrected chi connectivity index (χ1v) is 8.76. The van der Waals surface area contributed by atoms with E-state index in [1.165, 1.54) is 38.5 Å². The first-order valence-electron chi connectivity index (χ1n) is 8.76. The number of carboxylic acids is 1. The maximum absolute atomic E-state index is 10.3. The minimum absolute atomic E-state index is 0.320. The van der Waals surface area contributed by atoms with Gasteiger partial charge in [0.05, 0.1) is 12.2 Å². The lowest BCUT2D eigenvalue weighted by Crippen LogP contribution is -1.93. The van der Waals surface area contributed by atoms with Crippen molar-refractivity contribution in [2.75, 3.05) is 0 Å². The van der Waals surface area contributed by atoms with Gasteiger partial charge in [-0.15, -0.1) is 0 Å². The smallest absolute Gasteiger partial charge is 0.303 e. The molecule has 0 radical (unpaired) electrons. The molecule has 0 aromatic rings. The molecule has 122 valence electrons. The van der Waals surface area contributed by atoms with Crippen molar-refractivity contribution in [2.45, 2.75) is 96.2 Å². The zero-order valence-electron chi connectivity index (χ0n) is 13.6. The van der Waals surface area contributed by atoms with Crippen molar-refractivity contribution < 1.29 is 14.6 Å². The van der Waals surface area contributed by atoms with E-state index in [9.17, 15) is 4.79 Å². The van der Waals surface area contributed by atoms with Crippen molar-refractivity contribution in [3.05, 3.63) is 12.2 Å². The maximum atomic E-state index is 10.3. The molecule has 1 heterocycles. The van der Waals surface area contributed by atoms with Crippen LogP contribution in [0.3, 0.4) is 0 Å². The number of carboxylic acid groups (broad SMARTS) is 1. The van der Waals surface area contributed by atoms with Crippen LogP contribution in [0.25, 0.3) is 0 Å². The zero-order chi connectivity index (χ0) is 15.3. The summed E-state index contributed by atoms with van der Waals surface area (Å²) >= 11 is 0. The van der Waals surface area contributed by atoms with Gasteiger partial charge in [0.15, 0.2) is 0 Å². The Morgan fingerprint density at radius 1 is 1.00 bits per heavy atom. The molecule has 2 atom stereocenters. The summed E-state index contributed by atoms with van der Waals surface area (Å²) < 4.78 is 5.66. The summed E-state index contributed by atoms with van der Waals surface area (Å²) in [6.07, 6.45) is 18.7. The summed E-state index contributed by atoms with van der Waals surface area (Å²) in [7, 11) is 0. The highest BCUT2D eigenvalue weighted by molar-refractivity contribution is 5.66. The molecule has 0 aliphatic carbocycles. The van der Waals surface area contributed by atoms with Crippen LogP contribution in [0.1, 0.15) is 84.0 Å². The number of unbranched alkanes of at least 4 members (excludes halogenated alkanes) is 7. The molecule has 0 saturated carbocycles. The molecule has 3 heteroatoms. The first kappa shape index (κ1) is 18.2. The SMILES string of the molecule is CCCCCC1OC1C/C=C/CCCCCCCC(=O)O. The Labute approximate surface area is 129 Å². The third-order valence-corrected chi connectivity index (χ3v) is 4.08. The van der Waals surface area contributed by atoms with Crippen LogP contribution in [-0.4, -0.2) is 23.3 Å². The summed E-state index contributed by atoms with van der Waals surface area (Å²) in [6.45, 7) is 2.24. The van der Waals surface area contributed by atoms with Gasteiger partial charge in [0.1, 0.15) is 0 Å². The highest BCUT2D eigenvalue weighted by Crippen LogP contribution is 2.30. The highest BCUT2D eigenvalue weighted by atomic mass is 16.6. The lowest BCUT2D eigenvalue weighted by atomic mass is 10.1. The van der Waals surface area contributed by atoms with Gasteiger partial charge in [-0.05, 0) is 32.1 Å². The normalized spacial score (nSPS) is 21.0. The van der Waals surface area contributed by atoms with Crippen LogP contribution in [0, 0.1) is 0 Å². The molecule has 1 aliphatic heterocycles. The van der Waals surface area contributed by atoms with E-state index in [1.54, 1.807) is 0 Å². The molecule has 0 aromatic carbocycles. The zero-order valence-corrected chi connectivity index (χ0v) is 13.6. The molecule has 1 aliphatic rings. The van der Waals surface area contributed by atoms with Gasteiger partial charge in [-0.3, -0.25) is 4.79 Å². The Bertz CT molecular complexity index is 299. The van der Waals surface area contributed by atoms with Crippen LogP contribution in [0.2, 0.25) is 0 Å². The summed E-state index contributed by atoms with van der Waals surface area (Å²) in [4.78, 5) is 10.3. The van der Waals surface area contributed by atoms with E-state index in [1.807, 2.05) is 0 Å². The van der Waals surface area contributed by atoms with Crippen molar-refractivity contribution in [1.29, 1.82) is 0 Å². The van der Waals surface area contributed by atoms with Crippen LogP contribution < -0.4 is 0 Å². The molecule has 21 heavy (non-hydrogen) atoms. The van der Waals surface area contributed by atoms with E-state index >= 15 is 0 Å². The van der Waals surface area contributed by atoms with Crippen LogP contribution in [0.5, 0.6) is 0 Å². The van der Waals surface area contributed by atoms with Gasteiger partial charge in [-0.1, -0.05) is 57.6 Å². The molecule has 0 amide bonds. The van der Waals surface area contributed by atoms with Gasteiger partial charge in [-0.2, -0.15) is 0 Å². The monoisotopic (exact) mass is 296 g/mol. The summed E-state index contributed by atoms with van der Waals surface area (Å²) in [6, 6.07) is 0. The van der Waals surface area contributed by atoms with E-state index in [-0.39, 0.29) is 0 Å². The van der Waals surface area contributed by atoms with Crippen molar-refractivity contribution in [3.8, 4) is 0 Å². The lowest BCUT2D eigenvalue weighted by Gasteiger charge is -1.98. The standard InChI is InChI=1S/C18H32O3/c1-2-3-10-13-16-17(21-16)14-11-8-6-4-5-7-9-12-15-18(19)20/h8,11,16-17H,2-7,9-10,12-15H2,1H3,(H,19,20)/b11-8+. The number of epoxide rings is 1. The number of hydrogen-bond acceptors (Lipinski definition) is 2. The number of aliphatic carboxylic acids is 1. The minimum atomic E-state index is -0.673. The molecule has 2 unspecified atom stereocenters. The minimum Gasteiger partial charge on any atom is -0.481 e. The van der Waals surface area contributed by atoms with Gasteiger partial charge >= 0.3 is 5.97 Å². The Balaban J connectivity index is 1.81. The second kappa shape index (κ2) is 11.8. The fourth-order valence-electron chi connectivity index (χ4n) is 2.65. The van der Waals surface area contributed by atoms with E-state index in [0.29, 0.717) is 18.6 Å². The number of allylic oxidation sites excluding steroid dienone is 1. The predicted octanol–water partition coefficient (Wildman–Crippen LogP) is 5.10. The van der Waals surface area contributed by atoms with Crippen molar-refractivity contribution >= 4 is 5.97 Å². The van der Waals surface area contributed by atoms with E-state index in [4.69, 9.17) is 9.84 Å². The Kier molecular flexibility index (Phi) is 10.2. The second-order valence-corrected chi connectivity index (χ2v) is 6.12. The topological polar surface area (TPSA) is 49.8 Å². The fraction of sp³-hybridized carbons (Fsp3) is 0.833. The molecule has 0 bridgehead atoms. The van der Waals surface area contributed by atoms with Crippen LogP contribution in [0.15, 0.2) is 12.2 Å². The second-order valence-electron chi connectivity index (χ2n) is 6.12. The largest absolute Gasteiger partial charge is 0.481 e. The Hall–Kier alpha value is -0.830. The average Bonchev–Trinajstić information content (AvgIpc) is 3.19. The van der Waals surface area contributed by atoms with Crippen LogP contribution in [0.4, 0.5) is 0 Å². The summed E-state index contributed by atoms with van der Waals surface area (Å²) in [5.74, 6) is -0.673. The fourth-order valence-corrected chi connectivity index (χ4v) is 2.65. The highest BCUT2D eigenvalue weighted by Gasteiger charge is 2.36. The molecule has 0 aromatic heterocycles. The van der Waals surface area contributed by atoms with Crippen molar-refractivity contribution in [1.82, 2.24) is 0 Å². The van der Waals surface area contributed by atoms with E-state index in [0.717, 1.165) is 32.1 Å². The first-order chi connectivity index (χ1) is 10.2. The summed E-state index contributed by atoms with van der Waals surface area (Å²) in [5.41, 5.74) is 0. The number of rotatable bonds is 14. The number of ether oxygens (including phenoxy) is 1. The van der Waals surface area contributed by atoms with Gasteiger partial charge in [0.25, 0.3) is 0 Å². The summed E-state index contributed by atoms with van der Waals surface area (Å²) in [5, 5.41) is 8.52. The molecule has 0 spiro atoms. The van der Waals surface area contributed by atoms with Gasteiger partial charge in [-0.25, -0.2) is 0 Å². The van der Waals surface area contributed by atoms with Crippen molar-refractivity contribution in [3.63, 3.8) is 0 Å². The third kappa shape index (κ3) is 10.5. The van der Waals surface area contributed by atoms with Gasteiger partial charge in [0.2, 0.25) is 0 Å². The molecule has 1 fully saturated rings. The van der Waals surface area contributed by atoms with Gasteiger partial charge < -0.3 is 9.84 Å². The predicted molar refractivity (Wildman–Crippen MR) is 86.5 cm³/mol.